The maximum atomic E-state index is 13.6. The van der Waals surface area contributed by atoms with Gasteiger partial charge in [0, 0.05) is 8.07 Å². The third-order valence-electron chi connectivity index (χ3n) is 8.32. The predicted octanol–water partition coefficient (Wildman–Crippen LogP) is 4.49. The van der Waals surface area contributed by atoms with E-state index in [2.05, 4.69) is 19.6 Å². The van der Waals surface area contributed by atoms with Gasteiger partial charge in [0.05, 0.1) is 17.5 Å². The molecule has 6 rings (SSSR count). The molecule has 3 nitrogen and oxygen atoms in total. The summed E-state index contributed by atoms with van der Waals surface area (Å²) >= 11 is 0. The Labute approximate surface area is 161 Å². The van der Waals surface area contributed by atoms with E-state index in [4.69, 9.17) is 0 Å². The molecule has 4 aliphatic carbocycles. The van der Waals surface area contributed by atoms with Gasteiger partial charge in [0.25, 0.3) is 0 Å². The summed E-state index contributed by atoms with van der Waals surface area (Å²) < 4.78 is 0. The van der Waals surface area contributed by atoms with E-state index in [1.54, 1.807) is 11.1 Å². The molecule has 6 atom stereocenters. The molecule has 1 aromatic carbocycles. The van der Waals surface area contributed by atoms with E-state index in [-0.39, 0.29) is 23.7 Å². The van der Waals surface area contributed by atoms with Gasteiger partial charge in [-0.05, 0) is 60.6 Å². The molecule has 4 heteroatoms. The Kier molecular flexibility index (Phi) is 3.03. The van der Waals surface area contributed by atoms with Crippen molar-refractivity contribution in [2.24, 2.45) is 35.5 Å². The molecule has 4 bridgehead atoms. The van der Waals surface area contributed by atoms with Crippen LogP contribution in [0.15, 0.2) is 41.5 Å². The first kappa shape index (κ1) is 16.3. The van der Waals surface area contributed by atoms with Crippen molar-refractivity contribution in [1.29, 1.82) is 0 Å². The van der Waals surface area contributed by atoms with Crippen LogP contribution in [-0.2, 0) is 9.59 Å². The summed E-state index contributed by atoms with van der Waals surface area (Å²) in [4.78, 5) is 28.6. The maximum Gasteiger partial charge on any atom is 0.238 e. The number of benzene rings is 1. The van der Waals surface area contributed by atoms with Gasteiger partial charge >= 0.3 is 0 Å². The Morgan fingerprint density at radius 2 is 1.33 bits per heavy atom. The average molecular weight is 378 g/mol. The van der Waals surface area contributed by atoms with Gasteiger partial charge in [0.1, 0.15) is 0 Å². The van der Waals surface area contributed by atoms with Crippen LogP contribution in [0.1, 0.15) is 19.3 Å². The summed E-state index contributed by atoms with van der Waals surface area (Å²) in [5, 5.41) is 0. The van der Waals surface area contributed by atoms with Crippen molar-refractivity contribution in [2.75, 3.05) is 4.90 Å². The van der Waals surface area contributed by atoms with Gasteiger partial charge in [-0.25, -0.2) is 0 Å². The number of hydrogen-bond acceptors (Lipinski definition) is 2. The number of hydrogen-bond donors (Lipinski definition) is 0. The number of allylic oxidation sites excluding steroid dienone is 2. The highest BCUT2D eigenvalue weighted by atomic mass is 28.3. The number of fused-ring (bicyclic) bond motifs is 11. The third kappa shape index (κ3) is 1.83. The number of rotatable bonds is 2. The molecular formula is C23H27NO2Si. The molecule has 140 valence electrons. The van der Waals surface area contributed by atoms with Crippen LogP contribution in [0.3, 0.4) is 0 Å². The van der Waals surface area contributed by atoms with Gasteiger partial charge in [0.2, 0.25) is 11.8 Å². The number of imide groups is 1. The molecule has 3 fully saturated rings. The fourth-order valence-corrected chi connectivity index (χ4v) is 10.7. The molecule has 1 aliphatic heterocycles. The molecular weight excluding hydrogens is 350 g/mol. The largest absolute Gasteiger partial charge is 0.274 e. The third-order valence-corrected chi connectivity index (χ3v) is 11.0. The Hall–Kier alpha value is -1.68. The van der Waals surface area contributed by atoms with E-state index in [1.165, 1.54) is 24.2 Å². The zero-order valence-electron chi connectivity index (χ0n) is 16.3. The number of amides is 2. The van der Waals surface area contributed by atoms with Gasteiger partial charge in [-0.3, -0.25) is 14.5 Å². The summed E-state index contributed by atoms with van der Waals surface area (Å²) in [5.74, 6) is 2.16. The summed E-state index contributed by atoms with van der Waals surface area (Å²) in [6.07, 6.45) is 3.93. The Morgan fingerprint density at radius 1 is 0.815 bits per heavy atom. The lowest BCUT2D eigenvalue weighted by molar-refractivity contribution is -0.123. The molecule has 1 heterocycles. The van der Waals surface area contributed by atoms with E-state index in [0.717, 1.165) is 5.69 Å². The second-order valence-electron chi connectivity index (χ2n) is 10.5. The smallest absolute Gasteiger partial charge is 0.238 e. The molecule has 6 unspecified atom stereocenters. The minimum absolute atomic E-state index is 0.0845. The van der Waals surface area contributed by atoms with E-state index in [0.29, 0.717) is 29.2 Å². The minimum Gasteiger partial charge on any atom is -0.274 e. The van der Waals surface area contributed by atoms with E-state index >= 15 is 0 Å². The van der Waals surface area contributed by atoms with Gasteiger partial charge < -0.3 is 0 Å². The average Bonchev–Trinajstić information content (AvgIpc) is 3.39. The van der Waals surface area contributed by atoms with Gasteiger partial charge in [0.15, 0.2) is 0 Å². The summed E-state index contributed by atoms with van der Waals surface area (Å²) in [5.41, 5.74) is 4.68. The van der Waals surface area contributed by atoms with Gasteiger partial charge in [-0.15, -0.1) is 0 Å². The van der Waals surface area contributed by atoms with Crippen LogP contribution >= 0.6 is 0 Å². The van der Waals surface area contributed by atoms with E-state index in [1.807, 2.05) is 30.3 Å². The highest BCUT2D eigenvalue weighted by Gasteiger charge is 2.72. The highest BCUT2D eigenvalue weighted by molar-refractivity contribution is 6.78. The minimum atomic E-state index is -1.48. The topological polar surface area (TPSA) is 37.4 Å². The van der Waals surface area contributed by atoms with Crippen molar-refractivity contribution in [3.05, 3.63) is 41.5 Å². The van der Waals surface area contributed by atoms with Crippen LogP contribution < -0.4 is 4.90 Å². The SMILES string of the molecule is C[Si](C)(C)C1C2C3=C(C4CCC3C4)C1C1C(=O)N(c3ccccc3)C(=O)C12. The van der Waals surface area contributed by atoms with Crippen molar-refractivity contribution >= 4 is 25.6 Å². The van der Waals surface area contributed by atoms with Crippen LogP contribution in [0.25, 0.3) is 0 Å². The van der Waals surface area contributed by atoms with Crippen molar-refractivity contribution in [2.45, 2.75) is 44.4 Å². The molecule has 2 amide bonds. The predicted molar refractivity (Wildman–Crippen MR) is 108 cm³/mol. The summed E-state index contributed by atoms with van der Waals surface area (Å²) in [6.45, 7) is 7.35. The molecule has 27 heavy (non-hydrogen) atoms. The van der Waals surface area contributed by atoms with Crippen molar-refractivity contribution in [3.8, 4) is 0 Å². The van der Waals surface area contributed by atoms with Crippen molar-refractivity contribution < 1.29 is 9.59 Å². The van der Waals surface area contributed by atoms with E-state index < -0.39 is 8.07 Å². The molecule has 0 radical (unpaired) electrons. The van der Waals surface area contributed by atoms with Crippen LogP contribution in [0.4, 0.5) is 5.69 Å². The fraction of sp³-hybridized carbons (Fsp3) is 0.565. The van der Waals surface area contributed by atoms with Crippen LogP contribution in [-0.4, -0.2) is 19.9 Å². The molecule has 0 N–H and O–H groups in total. The van der Waals surface area contributed by atoms with Crippen LogP contribution in [0.5, 0.6) is 0 Å². The number of nitrogens with zero attached hydrogens (tertiary/aromatic N) is 1. The molecule has 0 aromatic heterocycles. The van der Waals surface area contributed by atoms with Gasteiger partial charge in [-0.1, -0.05) is 49.0 Å². The van der Waals surface area contributed by atoms with Crippen LogP contribution in [0, 0.1) is 35.5 Å². The summed E-state index contributed by atoms with van der Waals surface area (Å²) in [6, 6.07) is 9.58. The normalized spacial score (nSPS) is 41.7. The highest BCUT2D eigenvalue weighted by Crippen LogP contribution is 2.74. The first-order valence-electron chi connectivity index (χ1n) is 10.6. The molecule has 1 saturated heterocycles. The lowest BCUT2D eigenvalue weighted by Crippen LogP contribution is -2.39. The number of carbonyl (C=O) groups is 2. The standard InChI is InChI=1S/C23H27NO2Si/c1-27(2,3)21-17-15-12-9-10-13(11-12)16(15)18(21)20-19(17)22(25)24(23(20)26)14-7-5-4-6-8-14/h4-8,12-13,17-21H,9-11H2,1-3H3. The first-order valence-corrected chi connectivity index (χ1v) is 14.1. The van der Waals surface area contributed by atoms with Crippen LogP contribution in [0.2, 0.25) is 25.2 Å². The summed E-state index contributed by atoms with van der Waals surface area (Å²) in [7, 11) is -1.48. The van der Waals surface area contributed by atoms with Crippen molar-refractivity contribution in [3.63, 3.8) is 0 Å². The van der Waals surface area contributed by atoms with Gasteiger partial charge in [-0.2, -0.15) is 0 Å². The maximum absolute atomic E-state index is 13.6. The number of para-hydroxylation sites is 1. The zero-order chi connectivity index (χ0) is 18.7. The number of carbonyl (C=O) groups excluding carboxylic acids is 2. The molecule has 5 aliphatic rings. The first-order chi connectivity index (χ1) is 12.9. The zero-order valence-corrected chi connectivity index (χ0v) is 17.3. The quantitative estimate of drug-likeness (QED) is 0.330. The van der Waals surface area contributed by atoms with E-state index in [9.17, 15) is 9.59 Å². The molecule has 0 spiro atoms. The lowest BCUT2D eigenvalue weighted by atomic mass is 9.72. The second-order valence-corrected chi connectivity index (χ2v) is 15.9. The Balaban J connectivity index is 1.49. The molecule has 1 aromatic rings. The second kappa shape index (κ2) is 5.02. The Bertz CT molecular complexity index is 853. The fourth-order valence-electron chi connectivity index (χ4n) is 7.77. The monoisotopic (exact) mass is 377 g/mol. The lowest BCUT2D eigenvalue weighted by Gasteiger charge is -2.34. The Morgan fingerprint density at radius 3 is 1.81 bits per heavy atom. The van der Waals surface area contributed by atoms with Crippen molar-refractivity contribution in [1.82, 2.24) is 0 Å². The molecule has 2 saturated carbocycles. The number of anilines is 1.